The third kappa shape index (κ3) is 8.54. The van der Waals surface area contributed by atoms with Crippen molar-refractivity contribution < 1.29 is 32.0 Å². The lowest BCUT2D eigenvalue weighted by molar-refractivity contribution is -0.137. The number of likely N-dealkylation sites (N-methyl/N-ethyl adjacent to an activating group) is 1. The van der Waals surface area contributed by atoms with Crippen molar-refractivity contribution in [3.63, 3.8) is 0 Å². The van der Waals surface area contributed by atoms with E-state index in [1.54, 1.807) is 0 Å². The van der Waals surface area contributed by atoms with Gasteiger partial charge in [0.05, 0.1) is 12.4 Å². The maximum Gasteiger partial charge on any atom is 0.416 e. The molecule has 1 aliphatic rings. The summed E-state index contributed by atoms with van der Waals surface area (Å²) in [4.78, 5) is 34.7. The fourth-order valence-corrected chi connectivity index (χ4v) is 6.17. The number of aromatic nitrogens is 2. The lowest BCUT2D eigenvalue weighted by Crippen LogP contribution is -2.40. The number of hydrogen-bond acceptors (Lipinski definition) is 5. The molecule has 0 spiro atoms. The Hall–Kier alpha value is -3.96. The second-order valence-corrected chi connectivity index (χ2v) is 12.1. The Morgan fingerprint density at radius 1 is 1.02 bits per heavy atom. The molecule has 0 radical (unpaired) electrons. The summed E-state index contributed by atoms with van der Waals surface area (Å²) in [5, 5.41) is -0.141. The van der Waals surface area contributed by atoms with E-state index in [0.29, 0.717) is 55.4 Å². The summed E-state index contributed by atoms with van der Waals surface area (Å²) >= 11 is 0.553. The first-order valence-electron chi connectivity index (χ1n) is 19.1. The Bertz CT molecular complexity index is 2100. The van der Waals surface area contributed by atoms with Crippen molar-refractivity contribution >= 4 is 17.7 Å². The van der Waals surface area contributed by atoms with Crippen LogP contribution in [0.15, 0.2) is 76.6 Å². The molecule has 5 rings (SSSR count). The molecule has 1 aliphatic carbocycles. The van der Waals surface area contributed by atoms with Gasteiger partial charge in [-0.1, -0.05) is 68.0 Å². The number of alkyl halides is 3. The maximum absolute atomic E-state index is 14.6. The standard InChI is InChI=1S/C37H40F4N4O2S/c1-4-43(5-2)19-20-44(22-29-12-11-28(21-25(29)3)27-13-15-30(16-14-27)37(39,40)41)34(46)23-45-33-8-6-7-32(33)35(47)42-36(45)48-24-26-9-17-31(38)18-10-26/h9-18,21H,4-8,19-20,22-24H2,1-3H3/i11D,12D,21D,22D2,24D2. The molecule has 0 atom stereocenters. The van der Waals surface area contributed by atoms with Gasteiger partial charge in [-0.2, -0.15) is 18.2 Å². The molecule has 6 nitrogen and oxygen atoms in total. The summed E-state index contributed by atoms with van der Waals surface area (Å²) in [6.07, 6.45) is -3.31. The van der Waals surface area contributed by atoms with Crippen molar-refractivity contribution in [2.24, 2.45) is 0 Å². The molecule has 1 aromatic heterocycles. The van der Waals surface area contributed by atoms with Gasteiger partial charge in [-0.3, -0.25) is 9.59 Å². The van der Waals surface area contributed by atoms with E-state index in [0.717, 1.165) is 41.3 Å². The van der Waals surface area contributed by atoms with Crippen LogP contribution in [-0.2, 0) is 42.6 Å². The zero-order valence-corrected chi connectivity index (χ0v) is 27.6. The number of carbonyl (C=O) groups is 1. The molecule has 4 aromatic rings. The summed E-state index contributed by atoms with van der Waals surface area (Å²) in [5.74, 6) is -1.39. The van der Waals surface area contributed by atoms with Crippen LogP contribution >= 0.6 is 11.8 Å². The predicted molar refractivity (Wildman–Crippen MR) is 181 cm³/mol. The number of rotatable bonds is 13. The second-order valence-electron chi connectivity index (χ2n) is 11.3. The molecule has 1 heterocycles. The number of halogens is 4. The highest BCUT2D eigenvalue weighted by Gasteiger charge is 2.30. The van der Waals surface area contributed by atoms with E-state index in [1.165, 1.54) is 23.6 Å². The average molecular weight is 688 g/mol. The molecule has 0 saturated heterocycles. The van der Waals surface area contributed by atoms with E-state index in [9.17, 15) is 29.9 Å². The molecule has 0 N–H and O–H groups in total. The van der Waals surface area contributed by atoms with E-state index in [4.69, 9.17) is 6.85 Å². The average Bonchev–Trinajstić information content (AvgIpc) is 3.62. The lowest BCUT2D eigenvalue weighted by atomic mass is 9.98. The predicted octanol–water partition coefficient (Wildman–Crippen LogP) is 7.53. The normalized spacial score (nSPS) is 15.5. The number of fused-ring (bicyclic) bond motifs is 1. The lowest BCUT2D eigenvalue weighted by Gasteiger charge is -2.28. The van der Waals surface area contributed by atoms with Crippen LogP contribution < -0.4 is 5.56 Å². The quantitative estimate of drug-likeness (QED) is 0.0827. The SMILES string of the molecule is [2H]c1c([2H])c(C([2H])([2H])N(CCN(CC)CC)C(=O)Cn2c(SC([2H])([2H])c3ccc(F)cc3)nc(=O)c3c2CCC3)c(C)c([2H])c1-c1ccc(C(F)(F)F)cc1. The minimum Gasteiger partial charge on any atom is -0.336 e. The third-order valence-electron chi connectivity index (χ3n) is 8.18. The molecule has 254 valence electrons. The van der Waals surface area contributed by atoms with Gasteiger partial charge >= 0.3 is 6.18 Å². The van der Waals surface area contributed by atoms with Crippen LogP contribution in [0, 0.1) is 12.7 Å². The smallest absolute Gasteiger partial charge is 0.336 e. The van der Waals surface area contributed by atoms with Crippen molar-refractivity contribution in [2.75, 3.05) is 26.2 Å². The molecule has 0 aliphatic heterocycles. The zero-order chi connectivity index (χ0) is 40.6. The van der Waals surface area contributed by atoms with E-state index in [1.807, 2.05) is 18.7 Å². The number of nitrogens with zero attached hydrogens (tertiary/aromatic N) is 4. The van der Waals surface area contributed by atoms with E-state index in [-0.39, 0.29) is 46.5 Å². The van der Waals surface area contributed by atoms with Crippen molar-refractivity contribution in [3.8, 4) is 11.1 Å². The number of carbonyl (C=O) groups excluding carboxylic acids is 1. The number of hydrogen-bond donors (Lipinski definition) is 0. The summed E-state index contributed by atoms with van der Waals surface area (Å²) in [7, 11) is 0. The molecule has 11 heteroatoms. The van der Waals surface area contributed by atoms with Gasteiger partial charge in [-0.25, -0.2) is 4.39 Å². The molecule has 3 aromatic carbocycles. The first-order valence-corrected chi connectivity index (χ1v) is 16.4. The van der Waals surface area contributed by atoms with Gasteiger partial charge < -0.3 is 14.4 Å². The molecule has 48 heavy (non-hydrogen) atoms. The van der Waals surface area contributed by atoms with Gasteiger partial charge in [-0.05, 0) is 91.4 Å². The van der Waals surface area contributed by atoms with E-state index < -0.39 is 65.4 Å². The van der Waals surface area contributed by atoms with Crippen molar-refractivity contribution in [2.45, 2.75) is 70.1 Å². The van der Waals surface area contributed by atoms with Gasteiger partial charge in [-0.15, -0.1) is 0 Å². The highest BCUT2D eigenvalue weighted by atomic mass is 32.2. The van der Waals surface area contributed by atoms with Crippen molar-refractivity contribution in [1.82, 2.24) is 19.4 Å². The third-order valence-corrected chi connectivity index (χ3v) is 9.01. The van der Waals surface area contributed by atoms with Crippen LogP contribution in [0.2, 0.25) is 0 Å². The van der Waals surface area contributed by atoms with Gasteiger partial charge in [0.1, 0.15) is 12.4 Å². The van der Waals surface area contributed by atoms with Crippen LogP contribution in [-0.4, -0.2) is 51.4 Å². The van der Waals surface area contributed by atoms with Gasteiger partial charge in [0.2, 0.25) is 5.91 Å². The van der Waals surface area contributed by atoms with Gasteiger partial charge in [0.15, 0.2) is 5.16 Å². The minimum atomic E-state index is -4.62. The first-order chi connectivity index (χ1) is 25.7. The molecule has 1 amide bonds. The van der Waals surface area contributed by atoms with Crippen LogP contribution in [0.5, 0.6) is 0 Å². The monoisotopic (exact) mass is 687 g/mol. The Kier molecular flexibility index (Phi) is 8.70. The summed E-state index contributed by atoms with van der Waals surface area (Å²) in [6.45, 7) is 2.89. The Balaban J connectivity index is 1.60. The maximum atomic E-state index is 14.6. The number of thioether (sulfide) groups is 1. The van der Waals surface area contributed by atoms with Crippen LogP contribution in [0.3, 0.4) is 0 Å². The summed E-state index contributed by atoms with van der Waals surface area (Å²) < 4.78 is 118. The van der Waals surface area contributed by atoms with Crippen LogP contribution in [0.25, 0.3) is 11.1 Å². The Morgan fingerprint density at radius 3 is 2.40 bits per heavy atom. The Labute approximate surface area is 292 Å². The highest BCUT2D eigenvalue weighted by molar-refractivity contribution is 7.98. The van der Waals surface area contributed by atoms with Crippen molar-refractivity contribution in [3.05, 3.63) is 116 Å². The van der Waals surface area contributed by atoms with Crippen LogP contribution in [0.1, 0.15) is 63.4 Å². The van der Waals surface area contributed by atoms with Crippen LogP contribution in [0.4, 0.5) is 17.6 Å². The largest absolute Gasteiger partial charge is 0.416 e. The topological polar surface area (TPSA) is 58.4 Å². The van der Waals surface area contributed by atoms with Gasteiger partial charge in [0.25, 0.3) is 5.56 Å². The molecular weight excluding hydrogens is 640 g/mol. The molecule has 0 bridgehead atoms. The molecule has 0 unspecified atom stereocenters. The highest BCUT2D eigenvalue weighted by Crippen LogP contribution is 2.32. The van der Waals surface area contributed by atoms with Gasteiger partial charge in [0, 0.05) is 39.3 Å². The molecular formula is C37H40F4N4O2S. The minimum absolute atomic E-state index is 0.0614. The fraction of sp³-hybridized carbons (Fsp3) is 0.378. The Morgan fingerprint density at radius 2 is 1.73 bits per heavy atom. The second kappa shape index (κ2) is 15.5. The molecule has 0 fully saturated rings. The summed E-state index contributed by atoms with van der Waals surface area (Å²) in [6, 6.07) is 6.85. The van der Waals surface area contributed by atoms with E-state index in [2.05, 4.69) is 4.98 Å². The zero-order valence-electron chi connectivity index (χ0n) is 33.8. The first kappa shape index (κ1) is 26.9. The number of amides is 1. The van der Waals surface area contributed by atoms with E-state index >= 15 is 0 Å². The molecule has 0 saturated carbocycles. The summed E-state index contributed by atoms with van der Waals surface area (Å²) in [5.41, 5.74) is -3.47. The van der Waals surface area contributed by atoms with Crippen molar-refractivity contribution in [1.29, 1.82) is 0 Å². The fourth-order valence-electron chi connectivity index (χ4n) is 5.41. The number of benzene rings is 3.